The quantitative estimate of drug-likeness (QED) is 0.632. The Morgan fingerprint density at radius 3 is 2.29 bits per heavy atom. The van der Waals surface area contributed by atoms with E-state index < -0.39 is 0 Å². The zero-order chi connectivity index (χ0) is 21.8. The molecule has 0 aliphatic carbocycles. The topological polar surface area (TPSA) is 67.8 Å². The summed E-state index contributed by atoms with van der Waals surface area (Å²) >= 11 is 0. The number of ether oxygens (including phenoxy) is 2. The Kier molecular flexibility index (Phi) is 6.02. The van der Waals surface area contributed by atoms with Crippen LogP contribution in [0.1, 0.15) is 15.9 Å². The monoisotopic (exact) mass is 418 g/mol. The summed E-state index contributed by atoms with van der Waals surface area (Å²) in [6.07, 6.45) is 0. The molecule has 7 nitrogen and oxygen atoms in total. The molecule has 1 aliphatic rings. The third kappa shape index (κ3) is 4.45. The van der Waals surface area contributed by atoms with Crippen LogP contribution in [0.3, 0.4) is 0 Å². The van der Waals surface area contributed by atoms with Crippen LogP contribution in [-0.2, 0) is 0 Å². The summed E-state index contributed by atoms with van der Waals surface area (Å²) < 4.78 is 10.7. The van der Waals surface area contributed by atoms with Gasteiger partial charge >= 0.3 is 0 Å². The highest BCUT2D eigenvalue weighted by Crippen LogP contribution is 2.31. The van der Waals surface area contributed by atoms with Crippen LogP contribution in [0.4, 0.5) is 5.82 Å². The van der Waals surface area contributed by atoms with Crippen molar-refractivity contribution in [2.75, 3.05) is 45.3 Å². The van der Waals surface area contributed by atoms with E-state index in [-0.39, 0.29) is 5.91 Å². The van der Waals surface area contributed by atoms with E-state index in [1.165, 1.54) is 0 Å². The van der Waals surface area contributed by atoms with Gasteiger partial charge in [-0.1, -0.05) is 17.7 Å². The number of anilines is 1. The molecule has 2 heterocycles. The van der Waals surface area contributed by atoms with Crippen molar-refractivity contribution in [1.29, 1.82) is 0 Å². The van der Waals surface area contributed by atoms with Gasteiger partial charge in [0.25, 0.3) is 5.91 Å². The van der Waals surface area contributed by atoms with E-state index >= 15 is 0 Å². The first kappa shape index (κ1) is 20.7. The number of aromatic nitrogens is 2. The van der Waals surface area contributed by atoms with Crippen LogP contribution in [0.2, 0.25) is 0 Å². The average Bonchev–Trinajstić information content (AvgIpc) is 2.83. The van der Waals surface area contributed by atoms with Crippen LogP contribution < -0.4 is 14.4 Å². The summed E-state index contributed by atoms with van der Waals surface area (Å²) in [5.74, 6) is 2.22. The van der Waals surface area contributed by atoms with Gasteiger partial charge in [-0.25, -0.2) is 0 Å². The molecule has 1 saturated heterocycles. The first-order valence-electron chi connectivity index (χ1n) is 10.3. The molecule has 2 aromatic carbocycles. The molecule has 0 unspecified atom stereocenters. The second kappa shape index (κ2) is 9.04. The van der Waals surface area contributed by atoms with Gasteiger partial charge in [0.15, 0.2) is 17.3 Å². The number of amides is 1. The zero-order valence-electron chi connectivity index (χ0n) is 18.0. The molecule has 0 N–H and O–H groups in total. The van der Waals surface area contributed by atoms with Crippen LogP contribution in [-0.4, -0.2) is 61.4 Å². The first-order valence-corrected chi connectivity index (χ1v) is 10.3. The van der Waals surface area contributed by atoms with Crippen LogP contribution >= 0.6 is 0 Å². The number of carbonyl (C=O) groups is 1. The van der Waals surface area contributed by atoms with Crippen molar-refractivity contribution < 1.29 is 14.3 Å². The Bertz CT molecular complexity index is 1060. The van der Waals surface area contributed by atoms with E-state index in [0.29, 0.717) is 24.6 Å². The summed E-state index contributed by atoms with van der Waals surface area (Å²) in [5.41, 5.74) is 3.50. The molecule has 1 amide bonds. The fraction of sp³-hybridized carbons (Fsp3) is 0.292. The summed E-state index contributed by atoms with van der Waals surface area (Å²) in [7, 11) is 3.22. The Hall–Kier alpha value is -3.61. The summed E-state index contributed by atoms with van der Waals surface area (Å²) in [6, 6.07) is 17.3. The van der Waals surface area contributed by atoms with Gasteiger partial charge in [-0.3, -0.25) is 4.79 Å². The Labute approximate surface area is 182 Å². The Balaban J connectivity index is 1.41. The molecule has 7 heteroatoms. The van der Waals surface area contributed by atoms with Gasteiger partial charge in [0, 0.05) is 37.3 Å². The zero-order valence-corrected chi connectivity index (χ0v) is 18.0. The van der Waals surface area contributed by atoms with E-state index in [1.807, 2.05) is 66.4 Å². The van der Waals surface area contributed by atoms with E-state index in [2.05, 4.69) is 15.1 Å². The van der Waals surface area contributed by atoms with Crippen LogP contribution in [0.25, 0.3) is 11.3 Å². The summed E-state index contributed by atoms with van der Waals surface area (Å²) in [5, 5.41) is 8.81. The minimum absolute atomic E-state index is 0.0817. The van der Waals surface area contributed by atoms with Crippen molar-refractivity contribution >= 4 is 11.7 Å². The van der Waals surface area contributed by atoms with Crippen molar-refractivity contribution in [3.8, 4) is 22.8 Å². The summed E-state index contributed by atoms with van der Waals surface area (Å²) in [4.78, 5) is 16.8. The second-order valence-electron chi connectivity index (χ2n) is 7.50. The molecular weight excluding hydrogens is 392 g/mol. The van der Waals surface area contributed by atoms with Crippen molar-refractivity contribution in [2.24, 2.45) is 0 Å². The molecular formula is C24H26N4O3. The van der Waals surface area contributed by atoms with Gasteiger partial charge in [0.2, 0.25) is 0 Å². The van der Waals surface area contributed by atoms with Gasteiger partial charge < -0.3 is 19.3 Å². The van der Waals surface area contributed by atoms with Crippen molar-refractivity contribution in [3.63, 3.8) is 0 Å². The molecule has 1 aromatic heterocycles. The van der Waals surface area contributed by atoms with Gasteiger partial charge in [0.1, 0.15) is 0 Å². The normalized spacial score (nSPS) is 13.8. The molecule has 1 fully saturated rings. The Morgan fingerprint density at radius 2 is 1.65 bits per heavy atom. The number of methoxy groups -OCH3 is 2. The van der Waals surface area contributed by atoms with Crippen LogP contribution in [0, 0.1) is 6.92 Å². The number of rotatable bonds is 5. The minimum Gasteiger partial charge on any atom is -0.493 e. The maximum absolute atomic E-state index is 12.8. The van der Waals surface area contributed by atoms with Gasteiger partial charge in [0.05, 0.1) is 19.9 Å². The average molecular weight is 418 g/mol. The lowest BCUT2D eigenvalue weighted by molar-refractivity contribution is 0.0746. The molecule has 0 atom stereocenters. The number of hydrogen-bond acceptors (Lipinski definition) is 6. The first-order chi connectivity index (χ1) is 15.1. The highest BCUT2D eigenvalue weighted by Gasteiger charge is 2.23. The third-order valence-corrected chi connectivity index (χ3v) is 5.49. The maximum Gasteiger partial charge on any atom is 0.253 e. The van der Waals surface area contributed by atoms with E-state index in [1.54, 1.807) is 14.2 Å². The van der Waals surface area contributed by atoms with Crippen molar-refractivity contribution in [3.05, 3.63) is 65.7 Å². The molecule has 0 spiro atoms. The van der Waals surface area contributed by atoms with E-state index in [0.717, 1.165) is 41.3 Å². The van der Waals surface area contributed by atoms with E-state index in [4.69, 9.17) is 9.47 Å². The number of aryl methyl sites for hydroxylation is 1. The molecule has 3 aromatic rings. The fourth-order valence-corrected chi connectivity index (χ4v) is 3.74. The largest absolute Gasteiger partial charge is 0.493 e. The van der Waals surface area contributed by atoms with E-state index in [9.17, 15) is 4.79 Å². The van der Waals surface area contributed by atoms with Gasteiger partial charge in [-0.15, -0.1) is 10.2 Å². The third-order valence-electron chi connectivity index (χ3n) is 5.49. The highest BCUT2D eigenvalue weighted by molar-refractivity contribution is 5.94. The number of benzene rings is 2. The fourth-order valence-electron chi connectivity index (χ4n) is 3.74. The molecule has 31 heavy (non-hydrogen) atoms. The lowest BCUT2D eigenvalue weighted by Crippen LogP contribution is -2.49. The van der Waals surface area contributed by atoms with Crippen molar-refractivity contribution in [2.45, 2.75) is 6.92 Å². The molecule has 0 bridgehead atoms. The standard InChI is InChI=1S/C24H26N4O3/c1-17-5-4-6-19(15-17)24(29)28-13-11-27(12-14-28)23-10-8-20(25-26-23)18-7-9-21(30-2)22(16-18)31-3/h4-10,15-16H,11-14H2,1-3H3. The molecule has 0 radical (unpaired) electrons. The van der Waals surface area contributed by atoms with Crippen LogP contribution in [0.5, 0.6) is 11.5 Å². The number of piperazine rings is 1. The predicted octanol–water partition coefficient (Wildman–Crippen LogP) is 3.43. The smallest absolute Gasteiger partial charge is 0.253 e. The highest BCUT2D eigenvalue weighted by atomic mass is 16.5. The Morgan fingerprint density at radius 1 is 0.871 bits per heavy atom. The number of carbonyl (C=O) groups excluding carboxylic acids is 1. The molecule has 1 aliphatic heterocycles. The number of nitrogens with zero attached hydrogens (tertiary/aromatic N) is 4. The predicted molar refractivity (Wildman–Crippen MR) is 120 cm³/mol. The maximum atomic E-state index is 12.8. The second-order valence-corrected chi connectivity index (χ2v) is 7.50. The van der Waals surface area contributed by atoms with Crippen LogP contribution in [0.15, 0.2) is 54.6 Å². The summed E-state index contributed by atoms with van der Waals surface area (Å²) in [6.45, 7) is 4.76. The lowest BCUT2D eigenvalue weighted by Gasteiger charge is -2.35. The molecule has 4 rings (SSSR count). The van der Waals surface area contributed by atoms with Crippen molar-refractivity contribution in [1.82, 2.24) is 15.1 Å². The molecule has 0 saturated carbocycles. The minimum atomic E-state index is 0.0817. The number of hydrogen-bond donors (Lipinski definition) is 0. The lowest BCUT2D eigenvalue weighted by atomic mass is 10.1. The van der Waals surface area contributed by atoms with Gasteiger partial charge in [-0.2, -0.15) is 0 Å². The SMILES string of the molecule is COc1ccc(-c2ccc(N3CCN(C(=O)c4cccc(C)c4)CC3)nn2)cc1OC. The molecule has 160 valence electrons. The van der Waals surface area contributed by atoms with Gasteiger partial charge in [-0.05, 0) is 49.4 Å².